The summed E-state index contributed by atoms with van der Waals surface area (Å²) in [6.07, 6.45) is 1.50. The summed E-state index contributed by atoms with van der Waals surface area (Å²) in [5.74, 6) is -0.479. The van der Waals surface area contributed by atoms with E-state index in [1.165, 1.54) is 13.3 Å². The number of fused-ring (bicyclic) bond motifs is 1. The van der Waals surface area contributed by atoms with Crippen LogP contribution in [0.1, 0.15) is 16.1 Å². The molecule has 0 aliphatic rings. The minimum atomic E-state index is -0.625. The van der Waals surface area contributed by atoms with Gasteiger partial charge in [0, 0.05) is 11.6 Å². The molecule has 1 heterocycles. The van der Waals surface area contributed by atoms with Crippen molar-refractivity contribution in [3.63, 3.8) is 0 Å². The van der Waals surface area contributed by atoms with Crippen LogP contribution in [0.5, 0.6) is 5.75 Å². The number of phenols is 1. The van der Waals surface area contributed by atoms with E-state index < -0.39 is 5.97 Å². The van der Waals surface area contributed by atoms with E-state index >= 15 is 0 Å². The van der Waals surface area contributed by atoms with Crippen molar-refractivity contribution in [1.29, 1.82) is 5.26 Å². The van der Waals surface area contributed by atoms with Crippen LogP contribution in [0.4, 0.5) is 5.69 Å². The molecule has 0 unspecified atom stereocenters. The second kappa shape index (κ2) is 5.39. The Bertz CT molecular complexity index is 967. The smallest absolute Gasteiger partial charge is 0.357 e. The zero-order valence-corrected chi connectivity index (χ0v) is 12.3. The van der Waals surface area contributed by atoms with E-state index in [1.54, 1.807) is 34.9 Å². The van der Waals surface area contributed by atoms with Crippen LogP contribution in [0.3, 0.4) is 0 Å². The van der Waals surface area contributed by atoms with Crippen LogP contribution in [0.2, 0.25) is 0 Å². The van der Waals surface area contributed by atoms with Crippen LogP contribution in [-0.2, 0) is 4.74 Å². The van der Waals surface area contributed by atoms with E-state index in [-0.39, 0.29) is 22.7 Å². The second-order valence-electron chi connectivity index (χ2n) is 4.96. The zero-order valence-electron chi connectivity index (χ0n) is 12.3. The number of hydrogen-bond donors (Lipinski definition) is 2. The van der Waals surface area contributed by atoms with Gasteiger partial charge in [-0.05, 0) is 29.7 Å². The Hall–Kier alpha value is -3.46. The summed E-state index contributed by atoms with van der Waals surface area (Å²) in [4.78, 5) is 12.1. The molecule has 0 aliphatic heterocycles. The standard InChI is InChI=1S/C17H13N3O3/c1-23-17(22)16-15(19)11(8-18)9-20(16)14-4-2-3-10-7-12(21)5-6-13(10)14/h2-7,9,21H,19H2,1H3. The van der Waals surface area contributed by atoms with Gasteiger partial charge in [0.2, 0.25) is 0 Å². The Morgan fingerprint density at radius 3 is 2.83 bits per heavy atom. The fourth-order valence-corrected chi connectivity index (χ4v) is 2.57. The van der Waals surface area contributed by atoms with Gasteiger partial charge >= 0.3 is 5.97 Å². The lowest BCUT2D eigenvalue weighted by molar-refractivity contribution is 0.0593. The van der Waals surface area contributed by atoms with Crippen LogP contribution in [0.15, 0.2) is 42.6 Å². The molecule has 3 N–H and O–H groups in total. The molecule has 0 radical (unpaired) electrons. The van der Waals surface area contributed by atoms with Crippen molar-refractivity contribution < 1.29 is 14.6 Å². The highest BCUT2D eigenvalue weighted by molar-refractivity contribution is 5.98. The van der Waals surface area contributed by atoms with Gasteiger partial charge in [-0.25, -0.2) is 4.79 Å². The van der Waals surface area contributed by atoms with Gasteiger partial charge in [0.25, 0.3) is 0 Å². The van der Waals surface area contributed by atoms with Gasteiger partial charge < -0.3 is 20.1 Å². The van der Waals surface area contributed by atoms with Gasteiger partial charge in [-0.2, -0.15) is 5.26 Å². The molecule has 3 rings (SSSR count). The fourth-order valence-electron chi connectivity index (χ4n) is 2.57. The normalized spacial score (nSPS) is 10.4. The summed E-state index contributed by atoms with van der Waals surface area (Å²) in [7, 11) is 1.26. The number of phenolic OH excluding ortho intramolecular Hbond substituents is 1. The fraction of sp³-hybridized carbons (Fsp3) is 0.0588. The molecule has 0 amide bonds. The first-order valence-corrected chi connectivity index (χ1v) is 6.78. The lowest BCUT2D eigenvalue weighted by Gasteiger charge is -2.11. The van der Waals surface area contributed by atoms with Crippen LogP contribution >= 0.6 is 0 Å². The monoisotopic (exact) mass is 307 g/mol. The maximum Gasteiger partial charge on any atom is 0.357 e. The number of esters is 1. The molecule has 0 saturated carbocycles. The molecule has 3 aromatic rings. The maximum atomic E-state index is 12.1. The predicted octanol–water partition coefficient (Wildman–Crippen LogP) is 2.58. The molecule has 1 aromatic heterocycles. The first kappa shape index (κ1) is 14.5. The number of benzene rings is 2. The number of carbonyl (C=O) groups is 1. The van der Waals surface area contributed by atoms with E-state index in [1.807, 2.05) is 12.1 Å². The quantitative estimate of drug-likeness (QED) is 0.708. The number of nitriles is 1. The number of hydrogen-bond acceptors (Lipinski definition) is 5. The first-order valence-electron chi connectivity index (χ1n) is 6.78. The number of aromatic nitrogens is 1. The number of aromatic hydroxyl groups is 1. The number of nitrogen functional groups attached to an aromatic ring is 1. The highest BCUT2D eigenvalue weighted by atomic mass is 16.5. The van der Waals surface area contributed by atoms with Gasteiger partial charge in [0.05, 0.1) is 24.0 Å². The van der Waals surface area contributed by atoms with Crippen molar-refractivity contribution in [2.45, 2.75) is 0 Å². The number of carbonyl (C=O) groups excluding carboxylic acids is 1. The molecule has 0 spiro atoms. The minimum Gasteiger partial charge on any atom is -0.508 e. The summed E-state index contributed by atoms with van der Waals surface area (Å²) in [5, 5.41) is 20.4. The van der Waals surface area contributed by atoms with E-state index in [0.29, 0.717) is 5.69 Å². The van der Waals surface area contributed by atoms with Crippen molar-refractivity contribution in [1.82, 2.24) is 4.57 Å². The summed E-state index contributed by atoms with van der Waals surface area (Å²) in [5.41, 5.74) is 6.95. The Morgan fingerprint density at radius 2 is 2.13 bits per heavy atom. The van der Waals surface area contributed by atoms with Crippen molar-refractivity contribution in [3.05, 3.63) is 53.9 Å². The van der Waals surface area contributed by atoms with E-state index in [9.17, 15) is 15.2 Å². The van der Waals surface area contributed by atoms with Gasteiger partial charge in [0.1, 0.15) is 11.8 Å². The predicted molar refractivity (Wildman–Crippen MR) is 85.4 cm³/mol. The van der Waals surface area contributed by atoms with E-state index in [0.717, 1.165) is 10.8 Å². The molecule has 0 bridgehead atoms. The Balaban J connectivity index is 2.36. The molecule has 0 aliphatic carbocycles. The first-order chi connectivity index (χ1) is 11.1. The lowest BCUT2D eigenvalue weighted by atomic mass is 10.1. The second-order valence-corrected chi connectivity index (χ2v) is 4.96. The Labute approximate surface area is 131 Å². The number of nitrogens with two attached hydrogens (primary N) is 1. The SMILES string of the molecule is COC(=O)c1c(N)c(C#N)cn1-c1cccc2cc(O)ccc12. The van der Waals surface area contributed by atoms with Crippen LogP contribution in [0.25, 0.3) is 16.5 Å². The van der Waals surface area contributed by atoms with Crippen LogP contribution < -0.4 is 5.73 Å². The summed E-state index contributed by atoms with van der Waals surface area (Å²) in [6.45, 7) is 0. The highest BCUT2D eigenvalue weighted by Gasteiger charge is 2.22. The van der Waals surface area contributed by atoms with Crippen molar-refractivity contribution >= 4 is 22.4 Å². The van der Waals surface area contributed by atoms with Gasteiger partial charge in [-0.3, -0.25) is 0 Å². The third kappa shape index (κ3) is 2.24. The topological polar surface area (TPSA) is 101 Å². The molecule has 114 valence electrons. The van der Waals surface area contributed by atoms with Gasteiger partial charge in [-0.1, -0.05) is 12.1 Å². The summed E-state index contributed by atoms with van der Waals surface area (Å²) >= 11 is 0. The zero-order chi connectivity index (χ0) is 16.6. The maximum absolute atomic E-state index is 12.1. The number of rotatable bonds is 2. The molecule has 6 heteroatoms. The van der Waals surface area contributed by atoms with Gasteiger partial charge in [0.15, 0.2) is 5.69 Å². The molecule has 23 heavy (non-hydrogen) atoms. The number of methoxy groups -OCH3 is 1. The average Bonchev–Trinajstić information content (AvgIpc) is 2.89. The van der Waals surface area contributed by atoms with Gasteiger partial charge in [-0.15, -0.1) is 0 Å². The third-order valence-electron chi connectivity index (χ3n) is 3.64. The van der Waals surface area contributed by atoms with Crippen molar-refractivity contribution in [2.75, 3.05) is 12.8 Å². The largest absolute Gasteiger partial charge is 0.508 e. The molecule has 0 saturated heterocycles. The van der Waals surface area contributed by atoms with Crippen LogP contribution in [0, 0.1) is 11.3 Å². The average molecular weight is 307 g/mol. The minimum absolute atomic E-state index is 0.0788. The highest BCUT2D eigenvalue weighted by Crippen LogP contribution is 2.30. The molecule has 2 aromatic carbocycles. The molecule has 0 fully saturated rings. The lowest BCUT2D eigenvalue weighted by Crippen LogP contribution is -2.11. The summed E-state index contributed by atoms with van der Waals surface area (Å²) < 4.78 is 6.32. The molecular weight excluding hydrogens is 294 g/mol. The Morgan fingerprint density at radius 1 is 1.35 bits per heavy atom. The van der Waals surface area contributed by atoms with Crippen molar-refractivity contribution in [2.24, 2.45) is 0 Å². The molecule has 0 atom stereocenters. The van der Waals surface area contributed by atoms with Crippen molar-refractivity contribution in [3.8, 4) is 17.5 Å². The number of nitrogens with zero attached hydrogens (tertiary/aromatic N) is 2. The molecule has 6 nitrogen and oxygen atoms in total. The van der Waals surface area contributed by atoms with E-state index in [2.05, 4.69) is 0 Å². The number of anilines is 1. The molecular formula is C17H13N3O3. The number of ether oxygens (including phenoxy) is 1. The Kier molecular flexibility index (Phi) is 3.39. The summed E-state index contributed by atoms with van der Waals surface area (Å²) in [6, 6.07) is 12.3. The van der Waals surface area contributed by atoms with E-state index in [4.69, 9.17) is 10.5 Å². The van der Waals surface area contributed by atoms with Crippen LogP contribution in [-0.4, -0.2) is 22.8 Å². The third-order valence-corrected chi connectivity index (χ3v) is 3.64.